The summed E-state index contributed by atoms with van der Waals surface area (Å²) in [6, 6.07) is 5.96. The molecule has 6 heteroatoms. The molecule has 19 heavy (non-hydrogen) atoms. The van der Waals surface area contributed by atoms with Crippen molar-refractivity contribution in [2.75, 3.05) is 0 Å². The maximum absolute atomic E-state index is 11.7. The van der Waals surface area contributed by atoms with Crippen LogP contribution >= 0.6 is 24.8 Å². The van der Waals surface area contributed by atoms with Crippen molar-refractivity contribution < 1.29 is 4.79 Å². The summed E-state index contributed by atoms with van der Waals surface area (Å²) in [6.45, 7) is 5.82. The van der Waals surface area contributed by atoms with E-state index in [1.807, 2.05) is 39.0 Å². The van der Waals surface area contributed by atoms with E-state index in [0.29, 0.717) is 0 Å². The number of aromatic nitrogens is 2. The van der Waals surface area contributed by atoms with Crippen LogP contribution in [-0.2, 0) is 0 Å². The number of halogens is 2. The second-order valence-corrected chi connectivity index (χ2v) is 4.38. The van der Waals surface area contributed by atoms with Gasteiger partial charge in [-0.3, -0.25) is 4.79 Å². The fraction of sp³-hybridized carbons (Fsp3) is 0.308. The SMILES string of the molecule is Cc1ccc2nc(C(=O)NC(C)C)ncc2c1.Cl.Cl. The standard InChI is InChI=1S/C13H15N3O.2ClH/c1-8(2)15-13(17)12-14-7-10-6-9(3)4-5-11(10)16-12;;/h4-8H,1-3H3,(H,15,17);2*1H. The maximum Gasteiger partial charge on any atom is 0.289 e. The van der Waals surface area contributed by atoms with Crippen LogP contribution in [0.2, 0.25) is 0 Å². The number of rotatable bonds is 2. The minimum Gasteiger partial charge on any atom is -0.347 e. The molecule has 0 aliphatic rings. The predicted molar refractivity (Wildman–Crippen MR) is 81.4 cm³/mol. The van der Waals surface area contributed by atoms with E-state index in [9.17, 15) is 4.79 Å². The molecule has 0 saturated carbocycles. The molecule has 1 aromatic carbocycles. The highest BCUT2D eigenvalue weighted by Crippen LogP contribution is 2.12. The first-order chi connectivity index (χ1) is 8.06. The number of carbonyl (C=O) groups is 1. The Labute approximate surface area is 124 Å². The zero-order valence-electron chi connectivity index (χ0n) is 11.0. The number of amides is 1. The summed E-state index contributed by atoms with van der Waals surface area (Å²) >= 11 is 0. The first kappa shape index (κ1) is 17.6. The Morgan fingerprint density at radius 3 is 2.58 bits per heavy atom. The Bertz CT molecular complexity index is 573. The van der Waals surface area contributed by atoms with Crippen LogP contribution in [0.25, 0.3) is 10.9 Å². The molecule has 0 spiro atoms. The lowest BCUT2D eigenvalue weighted by atomic mass is 10.2. The third-order valence-electron chi connectivity index (χ3n) is 2.36. The second-order valence-electron chi connectivity index (χ2n) is 4.38. The van der Waals surface area contributed by atoms with Crippen molar-refractivity contribution in [1.29, 1.82) is 0 Å². The molecule has 1 aromatic heterocycles. The Morgan fingerprint density at radius 1 is 1.26 bits per heavy atom. The smallest absolute Gasteiger partial charge is 0.289 e. The fourth-order valence-electron chi connectivity index (χ4n) is 1.59. The summed E-state index contributed by atoms with van der Waals surface area (Å²) in [5, 5.41) is 3.72. The van der Waals surface area contributed by atoms with Crippen LogP contribution in [0, 0.1) is 6.92 Å². The Balaban J connectivity index is 0.00000162. The largest absolute Gasteiger partial charge is 0.347 e. The van der Waals surface area contributed by atoms with Crippen molar-refractivity contribution in [2.24, 2.45) is 0 Å². The number of aryl methyl sites for hydroxylation is 1. The summed E-state index contributed by atoms with van der Waals surface area (Å²) in [5.74, 6) is -0.0162. The molecule has 0 aliphatic heterocycles. The third kappa shape index (κ3) is 4.33. The number of fused-ring (bicyclic) bond motifs is 1. The van der Waals surface area contributed by atoms with Gasteiger partial charge in [-0.05, 0) is 32.9 Å². The normalized spacial score (nSPS) is 9.68. The molecule has 1 amide bonds. The summed E-state index contributed by atoms with van der Waals surface area (Å²) in [5.41, 5.74) is 1.94. The van der Waals surface area contributed by atoms with E-state index in [1.54, 1.807) is 6.20 Å². The van der Waals surface area contributed by atoms with Gasteiger partial charge in [-0.1, -0.05) is 11.6 Å². The van der Waals surface area contributed by atoms with Gasteiger partial charge in [0.05, 0.1) is 5.52 Å². The molecule has 0 saturated heterocycles. The van der Waals surface area contributed by atoms with Gasteiger partial charge in [0.2, 0.25) is 5.82 Å². The van der Waals surface area contributed by atoms with Gasteiger partial charge in [0.25, 0.3) is 5.91 Å². The average Bonchev–Trinajstić information content (AvgIpc) is 2.27. The van der Waals surface area contributed by atoms with Gasteiger partial charge in [0.1, 0.15) is 0 Å². The molecular weight excluding hydrogens is 285 g/mol. The van der Waals surface area contributed by atoms with Gasteiger partial charge < -0.3 is 5.32 Å². The number of nitrogens with zero attached hydrogens (tertiary/aromatic N) is 2. The molecule has 1 N–H and O–H groups in total. The summed E-state index contributed by atoms with van der Waals surface area (Å²) in [4.78, 5) is 20.1. The second kappa shape index (κ2) is 7.26. The summed E-state index contributed by atoms with van der Waals surface area (Å²) in [6.07, 6.45) is 1.69. The van der Waals surface area contributed by atoms with E-state index < -0.39 is 0 Å². The van der Waals surface area contributed by atoms with E-state index in [1.165, 1.54) is 0 Å². The number of hydrogen-bond donors (Lipinski definition) is 1. The average molecular weight is 302 g/mol. The molecule has 0 fully saturated rings. The molecule has 104 valence electrons. The van der Waals surface area contributed by atoms with E-state index in [2.05, 4.69) is 15.3 Å². The minimum atomic E-state index is -0.234. The van der Waals surface area contributed by atoms with E-state index in [-0.39, 0.29) is 42.6 Å². The molecular formula is C13H17Cl2N3O. The minimum absolute atomic E-state index is 0. The van der Waals surface area contributed by atoms with Crippen molar-refractivity contribution in [3.05, 3.63) is 35.8 Å². The quantitative estimate of drug-likeness (QED) is 0.928. The van der Waals surface area contributed by atoms with Crippen LogP contribution in [0.5, 0.6) is 0 Å². The van der Waals surface area contributed by atoms with Crippen molar-refractivity contribution in [1.82, 2.24) is 15.3 Å². The number of carbonyl (C=O) groups excluding carboxylic acids is 1. The van der Waals surface area contributed by atoms with Gasteiger partial charge in [0, 0.05) is 17.6 Å². The van der Waals surface area contributed by atoms with Gasteiger partial charge in [0.15, 0.2) is 0 Å². The highest BCUT2D eigenvalue weighted by Gasteiger charge is 2.10. The lowest BCUT2D eigenvalue weighted by molar-refractivity contribution is 0.0933. The van der Waals surface area contributed by atoms with Crippen LogP contribution in [0.3, 0.4) is 0 Å². The zero-order chi connectivity index (χ0) is 12.4. The van der Waals surface area contributed by atoms with E-state index in [4.69, 9.17) is 0 Å². The monoisotopic (exact) mass is 301 g/mol. The first-order valence-corrected chi connectivity index (χ1v) is 5.60. The first-order valence-electron chi connectivity index (χ1n) is 5.60. The molecule has 0 aliphatic carbocycles. The van der Waals surface area contributed by atoms with Gasteiger partial charge in [-0.15, -0.1) is 24.8 Å². The molecule has 0 atom stereocenters. The van der Waals surface area contributed by atoms with Gasteiger partial charge >= 0.3 is 0 Å². The zero-order valence-corrected chi connectivity index (χ0v) is 12.6. The molecule has 2 aromatic rings. The third-order valence-corrected chi connectivity index (χ3v) is 2.36. The maximum atomic E-state index is 11.7. The highest BCUT2D eigenvalue weighted by molar-refractivity contribution is 5.92. The van der Waals surface area contributed by atoms with Crippen LogP contribution in [0.15, 0.2) is 24.4 Å². The number of nitrogens with one attached hydrogen (secondary N) is 1. The Kier molecular flexibility index (Phi) is 6.73. The summed E-state index contributed by atoms with van der Waals surface area (Å²) in [7, 11) is 0. The van der Waals surface area contributed by atoms with Gasteiger partial charge in [-0.2, -0.15) is 0 Å². The lowest BCUT2D eigenvalue weighted by Crippen LogP contribution is -2.31. The predicted octanol–water partition coefficient (Wildman–Crippen LogP) is 2.92. The number of benzene rings is 1. The Hall–Kier alpha value is -1.39. The number of hydrogen-bond acceptors (Lipinski definition) is 3. The van der Waals surface area contributed by atoms with Crippen molar-refractivity contribution in [2.45, 2.75) is 26.8 Å². The van der Waals surface area contributed by atoms with E-state index in [0.717, 1.165) is 16.5 Å². The highest BCUT2D eigenvalue weighted by atomic mass is 35.5. The molecule has 0 bridgehead atoms. The van der Waals surface area contributed by atoms with Crippen LogP contribution in [-0.4, -0.2) is 21.9 Å². The van der Waals surface area contributed by atoms with E-state index >= 15 is 0 Å². The molecule has 1 heterocycles. The van der Waals surface area contributed by atoms with Crippen LogP contribution < -0.4 is 5.32 Å². The molecule has 0 unspecified atom stereocenters. The van der Waals surface area contributed by atoms with Crippen molar-refractivity contribution in [3.8, 4) is 0 Å². The van der Waals surface area contributed by atoms with Crippen LogP contribution in [0.4, 0.5) is 0 Å². The lowest BCUT2D eigenvalue weighted by Gasteiger charge is -2.07. The molecule has 0 radical (unpaired) electrons. The van der Waals surface area contributed by atoms with Crippen LogP contribution in [0.1, 0.15) is 30.0 Å². The van der Waals surface area contributed by atoms with Gasteiger partial charge in [-0.25, -0.2) is 9.97 Å². The molecule has 4 nitrogen and oxygen atoms in total. The summed E-state index contributed by atoms with van der Waals surface area (Å²) < 4.78 is 0. The Morgan fingerprint density at radius 2 is 1.95 bits per heavy atom. The molecule has 2 rings (SSSR count). The van der Waals surface area contributed by atoms with Crippen molar-refractivity contribution in [3.63, 3.8) is 0 Å². The fourth-order valence-corrected chi connectivity index (χ4v) is 1.59. The van der Waals surface area contributed by atoms with Crippen molar-refractivity contribution >= 4 is 41.6 Å². The topological polar surface area (TPSA) is 54.9 Å².